The Morgan fingerprint density at radius 2 is 1.63 bits per heavy atom. The number of hydrogen-bond acceptors (Lipinski definition) is 6. The summed E-state index contributed by atoms with van der Waals surface area (Å²) in [5.74, 6) is 0.993. The molecule has 0 spiro atoms. The summed E-state index contributed by atoms with van der Waals surface area (Å²) in [7, 11) is 0. The van der Waals surface area contributed by atoms with Gasteiger partial charge in [-0.05, 0) is 79.1 Å². The number of nitrogens with zero attached hydrogens (tertiary/aromatic N) is 4. The van der Waals surface area contributed by atoms with Crippen LogP contribution in [-0.2, 0) is 0 Å². The molecular weight excluding hydrogens is 456 g/mol. The fourth-order valence-electron chi connectivity index (χ4n) is 3.71. The maximum absolute atomic E-state index is 9.03. The average Bonchev–Trinajstić information content (AvgIpc) is 2.86. The molecule has 0 aliphatic rings. The van der Waals surface area contributed by atoms with Crippen LogP contribution in [0.1, 0.15) is 22.3 Å². The van der Waals surface area contributed by atoms with Crippen LogP contribution >= 0.6 is 11.6 Å². The SMILES string of the molecule is Cc1cc(/C=C/C#N)cc(C)c1Nc1nc(Nc2ccc(C#N)cc2)ncc1-c1ccccc1Cl. The van der Waals surface area contributed by atoms with Crippen LogP contribution in [0.15, 0.2) is 72.9 Å². The van der Waals surface area contributed by atoms with Gasteiger partial charge < -0.3 is 10.6 Å². The Hall–Kier alpha value is -4.65. The first-order valence-corrected chi connectivity index (χ1v) is 11.2. The number of nitriles is 2. The lowest BCUT2D eigenvalue weighted by molar-refractivity contribution is 1.16. The summed E-state index contributed by atoms with van der Waals surface area (Å²) in [6.07, 6.45) is 4.98. The first kappa shape index (κ1) is 23.5. The second-order valence-electron chi connectivity index (χ2n) is 7.87. The van der Waals surface area contributed by atoms with E-state index in [4.69, 9.17) is 27.1 Å². The Labute approximate surface area is 209 Å². The minimum Gasteiger partial charge on any atom is -0.339 e. The Bertz CT molecular complexity index is 1470. The van der Waals surface area contributed by atoms with E-state index < -0.39 is 0 Å². The van der Waals surface area contributed by atoms with Crippen LogP contribution in [0.25, 0.3) is 17.2 Å². The van der Waals surface area contributed by atoms with Crippen molar-refractivity contribution in [2.75, 3.05) is 10.6 Å². The standard InChI is InChI=1S/C28H21ClN6/c1-18-14-21(6-5-13-30)15-19(2)26(18)34-27-24(23-7-3-4-8-25(23)29)17-32-28(35-27)33-22-11-9-20(16-31)10-12-22/h3-12,14-15,17H,1-2H3,(H2,32,33,34,35)/b6-5+. The molecule has 7 heteroatoms. The molecule has 0 saturated heterocycles. The highest BCUT2D eigenvalue weighted by Gasteiger charge is 2.15. The number of aromatic nitrogens is 2. The van der Waals surface area contributed by atoms with E-state index in [2.05, 4.69) is 21.7 Å². The fourth-order valence-corrected chi connectivity index (χ4v) is 3.95. The van der Waals surface area contributed by atoms with Crippen molar-refractivity contribution in [3.8, 4) is 23.3 Å². The molecule has 0 unspecified atom stereocenters. The first-order valence-electron chi connectivity index (χ1n) is 10.8. The molecule has 1 aromatic heterocycles. The molecule has 0 radical (unpaired) electrons. The van der Waals surface area contributed by atoms with Gasteiger partial charge >= 0.3 is 0 Å². The third-order valence-electron chi connectivity index (χ3n) is 5.37. The predicted octanol–water partition coefficient (Wildman–Crippen LogP) is 7.31. The molecule has 4 rings (SSSR count). The first-order chi connectivity index (χ1) is 17.0. The molecule has 6 nitrogen and oxygen atoms in total. The molecular formula is C28H21ClN6. The summed E-state index contributed by atoms with van der Waals surface area (Å²) in [5.41, 5.74) is 6.78. The maximum atomic E-state index is 9.03. The number of hydrogen-bond donors (Lipinski definition) is 2. The molecule has 0 aliphatic heterocycles. The average molecular weight is 477 g/mol. The van der Waals surface area contributed by atoms with E-state index in [1.165, 1.54) is 6.08 Å². The van der Waals surface area contributed by atoms with E-state index in [-0.39, 0.29) is 0 Å². The number of allylic oxidation sites excluding steroid dienone is 1. The van der Waals surface area contributed by atoms with E-state index in [0.717, 1.165) is 39.2 Å². The van der Waals surface area contributed by atoms with Crippen molar-refractivity contribution in [1.82, 2.24) is 9.97 Å². The van der Waals surface area contributed by atoms with Crippen molar-refractivity contribution in [3.05, 3.63) is 100 Å². The van der Waals surface area contributed by atoms with E-state index >= 15 is 0 Å². The van der Waals surface area contributed by atoms with E-state index in [1.54, 1.807) is 36.5 Å². The number of anilines is 4. The second kappa shape index (κ2) is 10.5. The molecule has 0 aliphatic carbocycles. The van der Waals surface area contributed by atoms with Gasteiger partial charge in [0.25, 0.3) is 0 Å². The zero-order chi connectivity index (χ0) is 24.8. The molecule has 0 atom stereocenters. The van der Waals surface area contributed by atoms with Crippen molar-refractivity contribution in [2.45, 2.75) is 13.8 Å². The van der Waals surface area contributed by atoms with Crippen molar-refractivity contribution >= 4 is 40.8 Å². The monoisotopic (exact) mass is 476 g/mol. The van der Waals surface area contributed by atoms with Gasteiger partial charge in [-0.15, -0.1) is 0 Å². The minimum absolute atomic E-state index is 0.400. The summed E-state index contributed by atoms with van der Waals surface area (Å²) >= 11 is 6.50. The summed E-state index contributed by atoms with van der Waals surface area (Å²) < 4.78 is 0. The molecule has 2 N–H and O–H groups in total. The van der Waals surface area contributed by atoms with Gasteiger partial charge in [0, 0.05) is 39.8 Å². The van der Waals surface area contributed by atoms with Gasteiger partial charge in [0.2, 0.25) is 5.95 Å². The zero-order valence-corrected chi connectivity index (χ0v) is 19.9. The van der Waals surface area contributed by atoms with Gasteiger partial charge in [0.1, 0.15) is 5.82 Å². The highest BCUT2D eigenvalue weighted by Crippen LogP contribution is 2.36. The molecule has 0 saturated carbocycles. The summed E-state index contributed by atoms with van der Waals surface area (Å²) in [6.45, 7) is 4.01. The highest BCUT2D eigenvalue weighted by molar-refractivity contribution is 6.33. The number of aryl methyl sites for hydroxylation is 2. The fraction of sp³-hybridized carbons (Fsp3) is 0.0714. The Morgan fingerprint density at radius 1 is 0.914 bits per heavy atom. The van der Waals surface area contributed by atoms with E-state index in [9.17, 15) is 0 Å². The van der Waals surface area contributed by atoms with Crippen LogP contribution in [-0.4, -0.2) is 9.97 Å². The summed E-state index contributed by atoms with van der Waals surface area (Å²) in [5, 5.41) is 25.1. The lowest BCUT2D eigenvalue weighted by Crippen LogP contribution is -2.05. The van der Waals surface area contributed by atoms with Crippen LogP contribution in [0.3, 0.4) is 0 Å². The van der Waals surface area contributed by atoms with Crippen molar-refractivity contribution in [3.63, 3.8) is 0 Å². The van der Waals surface area contributed by atoms with Gasteiger partial charge in [-0.3, -0.25) is 0 Å². The number of benzene rings is 3. The van der Waals surface area contributed by atoms with Gasteiger partial charge in [0.05, 0.1) is 17.7 Å². The Morgan fingerprint density at radius 3 is 2.29 bits per heavy atom. The van der Waals surface area contributed by atoms with Gasteiger partial charge in [-0.2, -0.15) is 15.5 Å². The molecule has 35 heavy (non-hydrogen) atoms. The number of halogens is 1. The highest BCUT2D eigenvalue weighted by atomic mass is 35.5. The topological polar surface area (TPSA) is 97.4 Å². The van der Waals surface area contributed by atoms with Crippen LogP contribution in [0.5, 0.6) is 0 Å². The van der Waals surface area contributed by atoms with Crippen LogP contribution in [0.4, 0.5) is 23.1 Å². The predicted molar refractivity (Wildman–Crippen MR) is 141 cm³/mol. The minimum atomic E-state index is 0.400. The molecule has 0 bridgehead atoms. The molecule has 0 amide bonds. The lowest BCUT2D eigenvalue weighted by atomic mass is 10.0. The van der Waals surface area contributed by atoms with Gasteiger partial charge in [-0.1, -0.05) is 29.8 Å². The van der Waals surface area contributed by atoms with E-state index in [0.29, 0.717) is 22.4 Å². The largest absolute Gasteiger partial charge is 0.339 e. The van der Waals surface area contributed by atoms with Crippen LogP contribution in [0, 0.1) is 36.5 Å². The Balaban J connectivity index is 1.76. The normalized spacial score (nSPS) is 10.5. The van der Waals surface area contributed by atoms with Crippen molar-refractivity contribution < 1.29 is 0 Å². The second-order valence-corrected chi connectivity index (χ2v) is 8.27. The van der Waals surface area contributed by atoms with Gasteiger partial charge in [0.15, 0.2) is 0 Å². The summed E-state index contributed by atoms with van der Waals surface area (Å²) in [4.78, 5) is 9.27. The molecule has 0 fully saturated rings. The molecule has 170 valence electrons. The zero-order valence-electron chi connectivity index (χ0n) is 19.2. The van der Waals surface area contributed by atoms with Crippen molar-refractivity contribution in [1.29, 1.82) is 10.5 Å². The van der Waals surface area contributed by atoms with Crippen molar-refractivity contribution in [2.24, 2.45) is 0 Å². The third-order valence-corrected chi connectivity index (χ3v) is 5.70. The summed E-state index contributed by atoms with van der Waals surface area (Å²) in [6, 6.07) is 22.8. The molecule has 3 aromatic carbocycles. The number of rotatable bonds is 6. The third kappa shape index (κ3) is 5.47. The maximum Gasteiger partial charge on any atom is 0.229 e. The molecule has 1 heterocycles. The van der Waals surface area contributed by atoms with E-state index in [1.807, 2.05) is 56.3 Å². The van der Waals surface area contributed by atoms with Crippen LogP contribution < -0.4 is 10.6 Å². The lowest BCUT2D eigenvalue weighted by Gasteiger charge is -2.17. The smallest absolute Gasteiger partial charge is 0.229 e. The number of nitrogens with one attached hydrogen (secondary N) is 2. The van der Waals surface area contributed by atoms with Crippen LogP contribution in [0.2, 0.25) is 5.02 Å². The quantitative estimate of drug-likeness (QED) is 0.283. The van der Waals surface area contributed by atoms with Gasteiger partial charge in [-0.25, -0.2) is 4.98 Å². The molecule has 4 aromatic rings. The Kier molecular flexibility index (Phi) is 7.07.